The van der Waals surface area contributed by atoms with E-state index in [2.05, 4.69) is 15.5 Å². The molecule has 0 saturated carbocycles. The molecule has 1 saturated heterocycles. The van der Waals surface area contributed by atoms with Crippen molar-refractivity contribution < 1.29 is 38.1 Å². The van der Waals surface area contributed by atoms with Crippen molar-refractivity contribution >= 4 is 23.6 Å². The Hall–Kier alpha value is -3.58. The number of carbonyl (C=O) groups is 4. The monoisotopic (exact) mass is 656 g/mol. The van der Waals surface area contributed by atoms with Crippen LogP contribution in [0.5, 0.6) is 0 Å². The Labute approximate surface area is 278 Å². The van der Waals surface area contributed by atoms with Crippen LogP contribution in [-0.2, 0) is 33.3 Å². The zero-order valence-electron chi connectivity index (χ0n) is 28.8. The average molecular weight is 657 g/mol. The third kappa shape index (κ3) is 10.5. The maximum Gasteiger partial charge on any atom is 0.405 e. The molecule has 3 aliphatic rings. The van der Waals surface area contributed by atoms with Gasteiger partial charge in [0.25, 0.3) is 5.91 Å². The number of amides is 2. The molecule has 260 valence electrons. The number of allylic oxidation sites excluding steroid dienone is 4. The Kier molecular flexibility index (Phi) is 14.6. The fourth-order valence-corrected chi connectivity index (χ4v) is 6.48. The number of fused-ring (bicyclic) bond motifs is 2. The molecule has 0 radical (unpaired) electrons. The maximum absolute atomic E-state index is 13.9. The highest BCUT2D eigenvalue weighted by atomic mass is 16.6. The van der Waals surface area contributed by atoms with Gasteiger partial charge in [-0.05, 0) is 64.1 Å². The number of hydrogen-bond donors (Lipinski definition) is 3. The molecule has 0 unspecified atom stereocenters. The minimum absolute atomic E-state index is 0.0712. The minimum atomic E-state index is -0.958. The van der Waals surface area contributed by atoms with Crippen LogP contribution in [0.1, 0.15) is 53.4 Å². The summed E-state index contributed by atoms with van der Waals surface area (Å²) >= 11 is 0. The number of primary amides is 1. The molecule has 0 aromatic heterocycles. The molecule has 12 heteroatoms. The van der Waals surface area contributed by atoms with Gasteiger partial charge in [-0.15, -0.1) is 0 Å². The molecule has 2 aliphatic heterocycles. The Morgan fingerprint density at radius 3 is 2.38 bits per heavy atom. The largest absolute Gasteiger partial charge is 0.439 e. The SMILES string of the molecule is CO[C@H]1[C@@H](OC)C[C@H](C)CC2=C(NCCN3CCCC3)C(=O)C=C(NC(=O)/C(C)=C/C=C\[C@H](OC)[C@@H](OC(N)=O)/C(C)=C/[C@@H]1C)C2=O. The van der Waals surface area contributed by atoms with E-state index < -0.39 is 36.1 Å². The van der Waals surface area contributed by atoms with Crippen molar-refractivity contribution in [2.45, 2.75) is 77.8 Å². The number of nitrogens with one attached hydrogen (secondary N) is 2. The van der Waals surface area contributed by atoms with E-state index in [9.17, 15) is 19.2 Å². The van der Waals surface area contributed by atoms with Gasteiger partial charge in [0, 0.05) is 57.6 Å². The van der Waals surface area contributed by atoms with Gasteiger partial charge in [-0.2, -0.15) is 0 Å². The maximum atomic E-state index is 13.9. The van der Waals surface area contributed by atoms with Crippen molar-refractivity contribution in [1.29, 1.82) is 0 Å². The lowest BCUT2D eigenvalue weighted by Gasteiger charge is -2.32. The van der Waals surface area contributed by atoms with Crippen molar-refractivity contribution in [2.24, 2.45) is 17.6 Å². The van der Waals surface area contributed by atoms with E-state index in [1.165, 1.54) is 13.2 Å². The number of likely N-dealkylation sites (tertiary alicyclic amines) is 1. The standard InChI is InChI=1S/C35H52N4O8/c1-21-17-25-30(37-13-16-39-14-8-9-15-39)27(40)20-26(31(25)41)38-34(42)22(2)11-10-12-28(44-5)33(47-35(36)43)24(4)19-23(3)32(46-7)29(18-21)45-6/h10-12,19-21,23,28-29,32-33,37H,8-9,13-18H2,1-7H3,(H2,36,43)(H,38,42)/b12-10-,22-11+,24-19+/t21-,23+,28+,29+,32-,33+/m1/s1. The van der Waals surface area contributed by atoms with Crippen molar-refractivity contribution in [3.63, 3.8) is 0 Å². The zero-order chi connectivity index (χ0) is 34.7. The van der Waals surface area contributed by atoms with Crippen LogP contribution >= 0.6 is 0 Å². The fraction of sp³-hybridized carbons (Fsp3) is 0.600. The van der Waals surface area contributed by atoms with Crippen LogP contribution in [0.25, 0.3) is 0 Å². The van der Waals surface area contributed by atoms with Gasteiger partial charge in [0.2, 0.25) is 11.6 Å². The van der Waals surface area contributed by atoms with E-state index in [0.717, 1.165) is 32.5 Å². The van der Waals surface area contributed by atoms with Crippen molar-refractivity contribution in [2.75, 3.05) is 47.5 Å². The van der Waals surface area contributed by atoms with E-state index >= 15 is 0 Å². The van der Waals surface area contributed by atoms with Crippen LogP contribution in [-0.4, -0.2) is 100 Å². The molecule has 1 aliphatic carbocycles. The lowest BCUT2D eigenvalue weighted by Crippen LogP contribution is -2.39. The van der Waals surface area contributed by atoms with Gasteiger partial charge in [0.1, 0.15) is 6.10 Å². The van der Waals surface area contributed by atoms with Crippen LogP contribution in [0.4, 0.5) is 4.79 Å². The molecule has 2 amide bonds. The second-order valence-electron chi connectivity index (χ2n) is 12.6. The van der Waals surface area contributed by atoms with E-state index in [4.69, 9.17) is 24.7 Å². The van der Waals surface area contributed by atoms with Crippen molar-refractivity contribution in [3.8, 4) is 0 Å². The number of methoxy groups -OCH3 is 3. The zero-order valence-corrected chi connectivity index (χ0v) is 28.8. The predicted molar refractivity (Wildman–Crippen MR) is 178 cm³/mol. The second kappa shape index (κ2) is 18.1. The van der Waals surface area contributed by atoms with Gasteiger partial charge in [-0.3, -0.25) is 14.4 Å². The van der Waals surface area contributed by atoms with Gasteiger partial charge >= 0.3 is 6.09 Å². The molecule has 6 atom stereocenters. The van der Waals surface area contributed by atoms with Gasteiger partial charge in [0.05, 0.1) is 23.6 Å². The average Bonchev–Trinajstić information content (AvgIpc) is 3.54. The summed E-state index contributed by atoms with van der Waals surface area (Å²) in [5.41, 5.74) is 6.93. The van der Waals surface area contributed by atoms with E-state index in [1.807, 2.05) is 26.8 Å². The normalized spacial score (nSPS) is 31.7. The first-order chi connectivity index (χ1) is 22.4. The van der Waals surface area contributed by atoms with Crippen LogP contribution < -0.4 is 16.4 Å². The van der Waals surface area contributed by atoms with Gasteiger partial charge < -0.3 is 40.2 Å². The third-order valence-corrected chi connectivity index (χ3v) is 8.96. The Morgan fingerprint density at radius 2 is 1.77 bits per heavy atom. The van der Waals surface area contributed by atoms with Crippen LogP contribution in [0.2, 0.25) is 0 Å². The van der Waals surface area contributed by atoms with Crippen LogP contribution in [0.15, 0.2) is 58.5 Å². The molecule has 3 rings (SSSR count). The third-order valence-electron chi connectivity index (χ3n) is 8.96. The number of ketones is 2. The quantitative estimate of drug-likeness (QED) is 0.262. The molecule has 0 aromatic carbocycles. The molecule has 2 heterocycles. The van der Waals surface area contributed by atoms with Gasteiger partial charge in [-0.25, -0.2) is 4.79 Å². The molecular weight excluding hydrogens is 604 g/mol. The lowest BCUT2D eigenvalue weighted by atomic mass is 9.85. The molecule has 47 heavy (non-hydrogen) atoms. The molecule has 0 aromatic rings. The topological polar surface area (TPSA) is 159 Å². The highest BCUT2D eigenvalue weighted by molar-refractivity contribution is 6.23. The van der Waals surface area contributed by atoms with Crippen LogP contribution in [0, 0.1) is 11.8 Å². The summed E-state index contributed by atoms with van der Waals surface area (Å²) in [6, 6.07) is 0. The van der Waals surface area contributed by atoms with Crippen molar-refractivity contribution in [3.05, 3.63) is 58.5 Å². The molecule has 2 bridgehead atoms. The number of Topliss-reactive ketones (excluding diaryl/α,β-unsaturated/α-hetero) is 1. The van der Waals surface area contributed by atoms with Crippen LogP contribution in [0.3, 0.4) is 0 Å². The minimum Gasteiger partial charge on any atom is -0.439 e. The number of nitrogens with zero attached hydrogens (tertiary/aromatic N) is 1. The number of nitrogens with two attached hydrogens (primary N) is 1. The summed E-state index contributed by atoms with van der Waals surface area (Å²) in [5, 5.41) is 5.90. The molecular formula is C35H52N4O8. The van der Waals surface area contributed by atoms with Gasteiger partial charge in [-0.1, -0.05) is 38.2 Å². The molecule has 12 nitrogen and oxygen atoms in total. The Morgan fingerprint density at radius 1 is 1.06 bits per heavy atom. The summed E-state index contributed by atoms with van der Waals surface area (Å²) in [5.74, 6) is -1.60. The highest BCUT2D eigenvalue weighted by Crippen LogP contribution is 2.29. The second-order valence-corrected chi connectivity index (χ2v) is 12.6. The molecule has 0 spiro atoms. The van der Waals surface area contributed by atoms with Crippen molar-refractivity contribution in [1.82, 2.24) is 15.5 Å². The highest BCUT2D eigenvalue weighted by Gasteiger charge is 2.34. The lowest BCUT2D eigenvalue weighted by molar-refractivity contribution is -0.120. The fourth-order valence-electron chi connectivity index (χ4n) is 6.48. The summed E-state index contributed by atoms with van der Waals surface area (Å²) in [7, 11) is 4.69. The molecule has 4 N–H and O–H groups in total. The first-order valence-electron chi connectivity index (χ1n) is 16.3. The van der Waals surface area contributed by atoms with E-state index in [0.29, 0.717) is 24.1 Å². The molecule has 1 fully saturated rings. The summed E-state index contributed by atoms with van der Waals surface area (Å²) in [6.07, 6.45) is 7.70. The first kappa shape index (κ1) is 37.9. The number of ether oxygens (including phenoxy) is 4. The van der Waals surface area contributed by atoms with E-state index in [1.54, 1.807) is 39.4 Å². The first-order valence-corrected chi connectivity index (χ1v) is 16.3. The number of hydrogen-bond acceptors (Lipinski definition) is 10. The summed E-state index contributed by atoms with van der Waals surface area (Å²) < 4.78 is 23.0. The summed E-state index contributed by atoms with van der Waals surface area (Å²) in [4.78, 5) is 54.7. The Balaban J connectivity index is 2.04. The summed E-state index contributed by atoms with van der Waals surface area (Å²) in [6.45, 7) is 10.7. The van der Waals surface area contributed by atoms with Gasteiger partial charge in [0.15, 0.2) is 6.10 Å². The smallest absolute Gasteiger partial charge is 0.405 e. The predicted octanol–water partition coefficient (Wildman–Crippen LogP) is 3.10. The number of carbonyl (C=O) groups excluding carboxylic acids is 4. The Bertz CT molecular complexity index is 1310. The number of rotatable bonds is 8. The van der Waals surface area contributed by atoms with E-state index in [-0.39, 0.29) is 47.1 Å².